The van der Waals surface area contributed by atoms with E-state index >= 15 is 0 Å². The Morgan fingerprint density at radius 2 is 1.77 bits per heavy atom. The average Bonchev–Trinajstić information content (AvgIpc) is 2.54. The number of aryl methyl sites for hydroxylation is 1. The highest BCUT2D eigenvalue weighted by atomic mass is 127. The lowest BCUT2D eigenvalue weighted by Gasteiger charge is -2.11. The van der Waals surface area contributed by atoms with E-state index in [0.717, 1.165) is 12.8 Å². The van der Waals surface area contributed by atoms with Gasteiger partial charge in [0.2, 0.25) is 0 Å². The first-order valence-corrected chi connectivity index (χ1v) is 9.16. The molecule has 0 saturated carbocycles. The van der Waals surface area contributed by atoms with Crippen molar-refractivity contribution in [1.29, 1.82) is 5.26 Å². The van der Waals surface area contributed by atoms with Gasteiger partial charge in [-0.25, -0.2) is 0 Å². The number of rotatable bonds is 6. The molecule has 0 spiro atoms. The summed E-state index contributed by atoms with van der Waals surface area (Å²) in [4.78, 5) is 1.25. The first-order chi connectivity index (χ1) is 10.7. The summed E-state index contributed by atoms with van der Waals surface area (Å²) in [6.45, 7) is 2.10. The lowest BCUT2D eigenvalue weighted by molar-refractivity contribution is 0.889. The predicted molar refractivity (Wildman–Crippen MR) is 104 cm³/mol. The molecule has 0 bridgehead atoms. The normalized spacial score (nSPS) is 11.7. The molecule has 2 aromatic rings. The SMILES string of the molecule is Cc1ccc(S/C(I)=C(\CCCC#N)c2ccccc2)cc1. The van der Waals surface area contributed by atoms with Gasteiger partial charge in [0, 0.05) is 11.3 Å². The van der Waals surface area contributed by atoms with Gasteiger partial charge in [-0.3, -0.25) is 0 Å². The molecule has 0 heterocycles. The van der Waals surface area contributed by atoms with E-state index in [1.165, 1.54) is 24.5 Å². The molecule has 0 N–H and O–H groups in total. The first-order valence-electron chi connectivity index (χ1n) is 7.26. The highest BCUT2D eigenvalue weighted by Crippen LogP contribution is 2.39. The minimum atomic E-state index is 0.607. The van der Waals surface area contributed by atoms with E-state index in [4.69, 9.17) is 5.26 Å². The average molecular weight is 419 g/mol. The molecule has 0 aliphatic heterocycles. The van der Waals surface area contributed by atoms with E-state index < -0.39 is 0 Å². The van der Waals surface area contributed by atoms with Crippen molar-refractivity contribution in [2.24, 2.45) is 0 Å². The van der Waals surface area contributed by atoms with Crippen LogP contribution in [-0.2, 0) is 0 Å². The van der Waals surface area contributed by atoms with Crippen LogP contribution in [0, 0.1) is 18.3 Å². The smallest absolute Gasteiger partial charge is 0.0621 e. The largest absolute Gasteiger partial charge is 0.198 e. The van der Waals surface area contributed by atoms with Gasteiger partial charge in [-0.2, -0.15) is 5.26 Å². The maximum absolute atomic E-state index is 8.78. The Labute approximate surface area is 150 Å². The van der Waals surface area contributed by atoms with Crippen LogP contribution in [0.4, 0.5) is 0 Å². The number of benzene rings is 2. The predicted octanol–water partition coefficient (Wildman–Crippen LogP) is 6.58. The van der Waals surface area contributed by atoms with Crippen LogP contribution in [0.25, 0.3) is 5.57 Å². The zero-order valence-corrected chi connectivity index (χ0v) is 15.5. The number of unbranched alkanes of at least 4 members (excludes halogenated alkanes) is 1. The molecular formula is C19H18INS. The molecule has 0 atom stereocenters. The lowest BCUT2D eigenvalue weighted by atomic mass is 10.0. The molecule has 3 heteroatoms. The topological polar surface area (TPSA) is 23.8 Å². The molecule has 0 saturated heterocycles. The maximum Gasteiger partial charge on any atom is 0.0621 e. The summed E-state index contributed by atoms with van der Waals surface area (Å²) in [5.41, 5.74) is 3.87. The Balaban J connectivity index is 2.24. The number of hydrogen-bond acceptors (Lipinski definition) is 2. The van der Waals surface area contributed by atoms with Gasteiger partial charge < -0.3 is 0 Å². The molecule has 2 rings (SSSR count). The summed E-state index contributed by atoms with van der Waals surface area (Å²) in [5.74, 6) is 0. The summed E-state index contributed by atoms with van der Waals surface area (Å²) in [7, 11) is 0. The Morgan fingerprint density at radius 3 is 2.41 bits per heavy atom. The number of hydrogen-bond donors (Lipinski definition) is 0. The fourth-order valence-electron chi connectivity index (χ4n) is 2.11. The molecule has 0 amide bonds. The third-order valence-electron chi connectivity index (χ3n) is 3.30. The van der Waals surface area contributed by atoms with Crippen LogP contribution in [-0.4, -0.2) is 0 Å². The van der Waals surface area contributed by atoms with E-state index in [-0.39, 0.29) is 0 Å². The van der Waals surface area contributed by atoms with Crippen LogP contribution in [0.2, 0.25) is 0 Å². The van der Waals surface area contributed by atoms with Gasteiger partial charge in [0.1, 0.15) is 0 Å². The summed E-state index contributed by atoms with van der Waals surface area (Å²) >= 11 is 4.23. The third-order valence-corrected chi connectivity index (χ3v) is 5.55. The van der Waals surface area contributed by atoms with E-state index in [9.17, 15) is 0 Å². The Kier molecular flexibility index (Phi) is 7.01. The quantitative estimate of drug-likeness (QED) is 0.300. The molecule has 0 radical (unpaired) electrons. The van der Waals surface area contributed by atoms with Crippen LogP contribution in [0.5, 0.6) is 0 Å². The zero-order chi connectivity index (χ0) is 15.8. The minimum Gasteiger partial charge on any atom is -0.198 e. The van der Waals surface area contributed by atoms with Gasteiger partial charge in [-0.1, -0.05) is 59.8 Å². The van der Waals surface area contributed by atoms with Gasteiger partial charge in [-0.15, -0.1) is 0 Å². The summed E-state index contributed by atoms with van der Waals surface area (Å²) in [6.07, 6.45) is 2.45. The van der Waals surface area contributed by atoms with Crippen molar-refractivity contribution in [2.75, 3.05) is 0 Å². The van der Waals surface area contributed by atoms with Crippen LogP contribution in [0.15, 0.2) is 62.4 Å². The van der Waals surface area contributed by atoms with Crippen LogP contribution in [0.3, 0.4) is 0 Å². The number of nitriles is 1. The van der Waals surface area contributed by atoms with Gasteiger partial charge in [0.05, 0.1) is 8.98 Å². The third kappa shape index (κ3) is 5.19. The molecule has 0 fully saturated rings. The van der Waals surface area contributed by atoms with Crippen molar-refractivity contribution in [3.8, 4) is 6.07 Å². The number of allylic oxidation sites excluding steroid dienone is 1. The van der Waals surface area contributed by atoms with Crippen LogP contribution in [0.1, 0.15) is 30.4 Å². The molecular weight excluding hydrogens is 401 g/mol. The standard InChI is InChI=1S/C19H18INS/c1-15-10-12-17(13-11-15)22-19(20)18(9-5-6-14-21)16-7-3-2-4-8-16/h2-4,7-8,10-13H,5-6,9H2,1H3/b19-18+. The number of halogens is 1. The van der Waals surface area contributed by atoms with Crippen molar-refractivity contribution in [1.82, 2.24) is 0 Å². The van der Waals surface area contributed by atoms with E-state index in [1.807, 2.05) is 6.07 Å². The van der Waals surface area contributed by atoms with Gasteiger partial charge in [0.25, 0.3) is 0 Å². The lowest BCUT2D eigenvalue weighted by Crippen LogP contribution is -1.87. The zero-order valence-electron chi connectivity index (χ0n) is 12.6. The summed E-state index contributed by atoms with van der Waals surface area (Å²) in [6, 6.07) is 21.3. The van der Waals surface area contributed by atoms with Crippen LogP contribution < -0.4 is 0 Å². The Hall–Kier alpha value is -1.25. The fourth-order valence-corrected chi connectivity index (χ4v) is 4.28. The van der Waals surface area contributed by atoms with Crippen LogP contribution >= 0.6 is 34.4 Å². The van der Waals surface area contributed by atoms with Gasteiger partial charge in [-0.05, 0) is 65.6 Å². The Morgan fingerprint density at radius 1 is 1.09 bits per heavy atom. The molecule has 2 aromatic carbocycles. The van der Waals surface area contributed by atoms with Crippen molar-refractivity contribution >= 4 is 39.9 Å². The highest BCUT2D eigenvalue weighted by molar-refractivity contribution is 14.1. The molecule has 0 unspecified atom stereocenters. The second-order valence-electron chi connectivity index (χ2n) is 5.05. The number of thioether (sulfide) groups is 1. The van der Waals surface area contributed by atoms with E-state index in [1.54, 1.807) is 11.8 Å². The molecule has 1 nitrogen and oxygen atoms in total. The molecule has 22 heavy (non-hydrogen) atoms. The van der Waals surface area contributed by atoms with E-state index in [2.05, 4.69) is 84.1 Å². The van der Waals surface area contributed by atoms with Crippen molar-refractivity contribution < 1.29 is 0 Å². The molecule has 0 aliphatic rings. The van der Waals surface area contributed by atoms with E-state index in [0.29, 0.717) is 6.42 Å². The second kappa shape index (κ2) is 9.02. The highest BCUT2D eigenvalue weighted by Gasteiger charge is 2.09. The first kappa shape index (κ1) is 17.1. The maximum atomic E-state index is 8.78. The molecule has 0 aliphatic carbocycles. The van der Waals surface area contributed by atoms with Crippen molar-refractivity contribution in [3.63, 3.8) is 0 Å². The Bertz CT molecular complexity index is 669. The van der Waals surface area contributed by atoms with Gasteiger partial charge in [0.15, 0.2) is 0 Å². The summed E-state index contributed by atoms with van der Waals surface area (Å²) < 4.78 is 1.28. The second-order valence-corrected chi connectivity index (χ2v) is 7.94. The molecule has 112 valence electrons. The van der Waals surface area contributed by atoms with Crippen molar-refractivity contribution in [2.45, 2.75) is 31.1 Å². The monoisotopic (exact) mass is 419 g/mol. The fraction of sp³-hybridized carbons (Fsp3) is 0.211. The molecule has 0 aromatic heterocycles. The van der Waals surface area contributed by atoms with Gasteiger partial charge >= 0.3 is 0 Å². The number of nitrogens with zero attached hydrogens (tertiary/aromatic N) is 1. The summed E-state index contributed by atoms with van der Waals surface area (Å²) in [5, 5.41) is 8.78. The van der Waals surface area contributed by atoms with Crippen molar-refractivity contribution in [3.05, 3.63) is 68.6 Å². The minimum absolute atomic E-state index is 0.607.